The molecular weight excluding hydrogens is 310 g/mol. The van der Waals surface area contributed by atoms with Gasteiger partial charge in [0.15, 0.2) is 0 Å². The molecule has 25 heavy (non-hydrogen) atoms. The first kappa shape index (κ1) is 21.3. The topological polar surface area (TPSA) is 38.7 Å². The van der Waals surface area contributed by atoms with Crippen molar-refractivity contribution in [1.29, 1.82) is 0 Å². The SMILES string of the molecule is C=Cc1cccc(C)c1C(C)=NC.COCCC(=O)C1CCCCC1. The zero-order valence-corrected chi connectivity index (χ0v) is 16.3. The summed E-state index contributed by atoms with van der Waals surface area (Å²) >= 11 is 0. The molecule has 1 aliphatic rings. The van der Waals surface area contributed by atoms with Crippen molar-refractivity contribution in [3.63, 3.8) is 0 Å². The number of hydrogen-bond acceptors (Lipinski definition) is 3. The minimum absolute atomic E-state index is 0.355. The molecule has 0 bridgehead atoms. The first-order valence-corrected chi connectivity index (χ1v) is 9.22. The summed E-state index contributed by atoms with van der Waals surface area (Å²) in [6.45, 7) is 8.50. The Balaban J connectivity index is 0.000000251. The molecule has 1 fully saturated rings. The number of aliphatic imine (C=N–C) groups is 1. The molecular formula is C22H33NO2. The maximum Gasteiger partial charge on any atom is 0.138 e. The van der Waals surface area contributed by atoms with E-state index in [2.05, 4.69) is 30.6 Å². The summed E-state index contributed by atoms with van der Waals surface area (Å²) in [5, 5.41) is 0. The van der Waals surface area contributed by atoms with Crippen molar-refractivity contribution in [1.82, 2.24) is 0 Å². The van der Waals surface area contributed by atoms with E-state index in [9.17, 15) is 4.79 Å². The fourth-order valence-corrected chi connectivity index (χ4v) is 3.30. The van der Waals surface area contributed by atoms with Crippen LogP contribution < -0.4 is 0 Å². The van der Waals surface area contributed by atoms with Crippen LogP contribution in [0.5, 0.6) is 0 Å². The van der Waals surface area contributed by atoms with Gasteiger partial charge in [0, 0.05) is 37.8 Å². The van der Waals surface area contributed by atoms with Gasteiger partial charge in [-0.05, 0) is 37.8 Å². The van der Waals surface area contributed by atoms with Crippen molar-refractivity contribution < 1.29 is 9.53 Å². The first-order valence-electron chi connectivity index (χ1n) is 9.22. The van der Waals surface area contributed by atoms with Crippen LogP contribution >= 0.6 is 0 Å². The smallest absolute Gasteiger partial charge is 0.138 e. The molecule has 0 saturated heterocycles. The van der Waals surface area contributed by atoms with Crippen LogP contribution in [0.15, 0.2) is 29.8 Å². The quantitative estimate of drug-likeness (QED) is 0.662. The average molecular weight is 344 g/mol. The fourth-order valence-electron chi connectivity index (χ4n) is 3.30. The maximum atomic E-state index is 11.5. The molecule has 0 aromatic heterocycles. The Bertz CT molecular complexity index is 584. The summed E-state index contributed by atoms with van der Waals surface area (Å²) in [7, 11) is 3.46. The number of aryl methyl sites for hydroxylation is 1. The Morgan fingerprint density at radius 2 is 2.00 bits per heavy atom. The predicted octanol–water partition coefficient (Wildman–Crippen LogP) is 5.25. The van der Waals surface area contributed by atoms with Crippen molar-refractivity contribution >= 4 is 17.6 Å². The van der Waals surface area contributed by atoms with Crippen molar-refractivity contribution in [2.45, 2.75) is 52.4 Å². The lowest BCUT2D eigenvalue weighted by Crippen LogP contribution is -2.18. The molecule has 0 spiro atoms. The second-order valence-corrected chi connectivity index (χ2v) is 6.60. The second-order valence-electron chi connectivity index (χ2n) is 6.60. The second kappa shape index (κ2) is 11.8. The summed E-state index contributed by atoms with van der Waals surface area (Å²) < 4.78 is 4.88. The zero-order chi connectivity index (χ0) is 18.7. The lowest BCUT2D eigenvalue weighted by Gasteiger charge is -2.19. The van der Waals surface area contributed by atoms with Gasteiger partial charge < -0.3 is 4.74 Å². The molecule has 0 unspecified atom stereocenters. The van der Waals surface area contributed by atoms with Crippen molar-refractivity contribution in [2.75, 3.05) is 20.8 Å². The van der Waals surface area contributed by atoms with Crippen molar-refractivity contribution in [3.05, 3.63) is 41.5 Å². The van der Waals surface area contributed by atoms with E-state index in [1.807, 2.05) is 26.1 Å². The molecule has 1 aromatic carbocycles. The van der Waals surface area contributed by atoms with E-state index >= 15 is 0 Å². The lowest BCUT2D eigenvalue weighted by atomic mass is 9.85. The Labute approximate surface area is 153 Å². The number of ether oxygens (including phenoxy) is 1. The molecule has 0 amide bonds. The number of ketones is 1. The van der Waals surface area contributed by atoms with E-state index < -0.39 is 0 Å². The average Bonchev–Trinajstić information content (AvgIpc) is 2.66. The van der Waals surface area contributed by atoms with Gasteiger partial charge in [-0.2, -0.15) is 0 Å². The van der Waals surface area contributed by atoms with Crippen molar-refractivity contribution in [2.24, 2.45) is 10.9 Å². The molecule has 0 atom stereocenters. The molecule has 0 aliphatic heterocycles. The van der Waals surface area contributed by atoms with Gasteiger partial charge in [-0.15, -0.1) is 0 Å². The van der Waals surface area contributed by atoms with Crippen LogP contribution in [0.3, 0.4) is 0 Å². The summed E-state index contributed by atoms with van der Waals surface area (Å²) in [4.78, 5) is 15.7. The van der Waals surface area contributed by atoms with Gasteiger partial charge >= 0.3 is 0 Å². The Morgan fingerprint density at radius 1 is 1.32 bits per heavy atom. The molecule has 2 rings (SSSR count). The highest BCUT2D eigenvalue weighted by atomic mass is 16.5. The molecule has 1 aromatic rings. The summed E-state index contributed by atoms with van der Waals surface area (Å²) in [6.07, 6.45) is 8.50. The highest BCUT2D eigenvalue weighted by Crippen LogP contribution is 2.25. The van der Waals surface area contributed by atoms with E-state index in [-0.39, 0.29) is 0 Å². The van der Waals surface area contributed by atoms with Crippen LogP contribution in [-0.4, -0.2) is 32.3 Å². The van der Waals surface area contributed by atoms with Gasteiger partial charge in [-0.1, -0.05) is 50.1 Å². The summed E-state index contributed by atoms with van der Waals surface area (Å²) in [5.74, 6) is 0.769. The normalized spacial score (nSPS) is 15.3. The largest absolute Gasteiger partial charge is 0.384 e. The monoisotopic (exact) mass is 343 g/mol. The zero-order valence-electron chi connectivity index (χ0n) is 16.3. The predicted molar refractivity (Wildman–Crippen MR) is 107 cm³/mol. The van der Waals surface area contributed by atoms with Gasteiger partial charge in [0.1, 0.15) is 5.78 Å². The Morgan fingerprint density at radius 3 is 2.56 bits per heavy atom. The van der Waals surface area contributed by atoms with Gasteiger partial charge in [0.25, 0.3) is 0 Å². The molecule has 0 heterocycles. The standard InChI is InChI=1S/C12H15N.C10H18O2/c1-5-11-8-6-7-9(2)12(11)10(3)13-4;1-12-8-7-10(11)9-5-3-2-4-6-9/h5-8H,1H2,2-4H3;9H,2-8H2,1H3. The van der Waals surface area contributed by atoms with Gasteiger partial charge in [0.2, 0.25) is 0 Å². The van der Waals surface area contributed by atoms with Gasteiger partial charge in [-0.3, -0.25) is 9.79 Å². The number of methoxy groups -OCH3 is 1. The van der Waals surface area contributed by atoms with E-state index in [0.29, 0.717) is 24.7 Å². The van der Waals surface area contributed by atoms with E-state index in [1.54, 1.807) is 7.11 Å². The molecule has 3 nitrogen and oxygen atoms in total. The molecule has 0 N–H and O–H groups in total. The summed E-state index contributed by atoms with van der Waals surface area (Å²) in [6, 6.07) is 6.19. The number of rotatable bonds is 6. The maximum absolute atomic E-state index is 11.5. The third kappa shape index (κ3) is 6.95. The molecule has 0 radical (unpaired) electrons. The molecule has 1 aliphatic carbocycles. The minimum Gasteiger partial charge on any atom is -0.384 e. The molecule has 3 heteroatoms. The Hall–Kier alpha value is -1.74. The van der Waals surface area contributed by atoms with Crippen LogP contribution in [0.2, 0.25) is 0 Å². The number of carbonyl (C=O) groups is 1. The Kier molecular flexibility index (Phi) is 10.0. The highest BCUT2D eigenvalue weighted by molar-refractivity contribution is 6.02. The third-order valence-corrected chi connectivity index (χ3v) is 4.84. The van der Waals surface area contributed by atoms with Gasteiger partial charge in [0.05, 0.1) is 6.61 Å². The van der Waals surface area contributed by atoms with E-state index in [0.717, 1.165) is 24.1 Å². The molecule has 138 valence electrons. The van der Waals surface area contributed by atoms with E-state index in [1.165, 1.54) is 30.4 Å². The number of nitrogens with zero attached hydrogens (tertiary/aromatic N) is 1. The number of Topliss-reactive ketones (excluding diaryl/α,β-unsaturated/α-hetero) is 1. The fraction of sp³-hybridized carbons (Fsp3) is 0.545. The molecule has 1 saturated carbocycles. The summed E-state index contributed by atoms with van der Waals surface area (Å²) in [5.41, 5.74) is 4.68. The van der Waals surface area contributed by atoms with Crippen LogP contribution in [0.25, 0.3) is 6.08 Å². The minimum atomic E-state index is 0.355. The van der Waals surface area contributed by atoms with Crippen molar-refractivity contribution in [3.8, 4) is 0 Å². The lowest BCUT2D eigenvalue weighted by molar-refractivity contribution is -0.124. The van der Waals surface area contributed by atoms with Crippen LogP contribution in [0, 0.1) is 12.8 Å². The van der Waals surface area contributed by atoms with Crippen LogP contribution in [0.1, 0.15) is 62.1 Å². The third-order valence-electron chi connectivity index (χ3n) is 4.84. The number of hydrogen-bond donors (Lipinski definition) is 0. The first-order chi connectivity index (χ1) is 12.0. The van der Waals surface area contributed by atoms with Crippen LogP contribution in [-0.2, 0) is 9.53 Å². The van der Waals surface area contributed by atoms with Crippen LogP contribution in [0.4, 0.5) is 0 Å². The number of carbonyl (C=O) groups excluding carboxylic acids is 1. The van der Waals surface area contributed by atoms with Gasteiger partial charge in [-0.25, -0.2) is 0 Å². The van der Waals surface area contributed by atoms with E-state index in [4.69, 9.17) is 4.74 Å². The highest BCUT2D eigenvalue weighted by Gasteiger charge is 2.20. The number of benzene rings is 1.